The fourth-order valence-electron chi connectivity index (χ4n) is 2.53. The molecular weight excluding hydrogens is 195 g/mol. The topological polar surface area (TPSA) is 29.1 Å². The molecule has 0 spiro atoms. The number of Topliss-reactive ketones (excluding diaryl/α,β-unsaturated/α-hetero) is 1. The molecule has 2 fully saturated rings. The molecule has 0 radical (unpaired) electrons. The summed E-state index contributed by atoms with van der Waals surface area (Å²) in [5.41, 5.74) is 0. The number of halogens is 3. The predicted molar refractivity (Wildman–Crippen MR) is 43.7 cm³/mol. The van der Waals surface area contributed by atoms with Crippen molar-refractivity contribution in [1.82, 2.24) is 5.32 Å². The molecule has 3 atom stereocenters. The lowest BCUT2D eigenvalue weighted by Crippen LogP contribution is -2.40. The largest absolute Gasteiger partial charge is 0.389 e. The van der Waals surface area contributed by atoms with Gasteiger partial charge >= 0.3 is 6.18 Å². The minimum Gasteiger partial charge on any atom is -0.310 e. The molecule has 2 heterocycles. The molecule has 2 aliphatic rings. The summed E-state index contributed by atoms with van der Waals surface area (Å²) in [6.45, 7) is 0. The van der Waals surface area contributed by atoms with Crippen molar-refractivity contribution in [3.8, 4) is 0 Å². The minimum absolute atomic E-state index is 0.00593. The maximum absolute atomic E-state index is 12.1. The van der Waals surface area contributed by atoms with Crippen molar-refractivity contribution in [2.75, 3.05) is 0 Å². The number of carbonyl (C=O) groups is 1. The molecule has 0 aromatic heterocycles. The Morgan fingerprint density at radius 2 is 2.07 bits per heavy atom. The Morgan fingerprint density at radius 3 is 2.71 bits per heavy atom. The van der Waals surface area contributed by atoms with Crippen LogP contribution in [0, 0.1) is 5.92 Å². The molecule has 80 valence electrons. The van der Waals surface area contributed by atoms with Crippen LogP contribution in [0.2, 0.25) is 0 Å². The lowest BCUT2D eigenvalue weighted by Gasteiger charge is -2.22. The fourth-order valence-corrected chi connectivity index (χ4v) is 2.53. The number of hydrogen-bond donors (Lipinski definition) is 1. The van der Waals surface area contributed by atoms with Gasteiger partial charge in [-0.25, -0.2) is 0 Å². The van der Waals surface area contributed by atoms with Crippen LogP contribution >= 0.6 is 0 Å². The summed E-state index contributed by atoms with van der Waals surface area (Å²) >= 11 is 0. The van der Waals surface area contributed by atoms with Crippen molar-refractivity contribution in [3.05, 3.63) is 0 Å². The number of rotatable bonds is 1. The Balaban J connectivity index is 1.99. The number of hydrogen-bond acceptors (Lipinski definition) is 2. The lowest BCUT2D eigenvalue weighted by atomic mass is 9.95. The van der Waals surface area contributed by atoms with E-state index in [4.69, 9.17) is 0 Å². The van der Waals surface area contributed by atoms with Gasteiger partial charge in [-0.05, 0) is 12.3 Å². The fraction of sp³-hybridized carbons (Fsp3) is 0.889. The van der Waals surface area contributed by atoms with Gasteiger partial charge in [0, 0.05) is 31.3 Å². The highest BCUT2D eigenvalue weighted by Crippen LogP contribution is 2.37. The molecule has 5 heteroatoms. The predicted octanol–water partition coefficient (Wildman–Crippen LogP) is 1.65. The van der Waals surface area contributed by atoms with Gasteiger partial charge in [-0.2, -0.15) is 13.2 Å². The van der Waals surface area contributed by atoms with Gasteiger partial charge in [-0.3, -0.25) is 4.79 Å². The van der Waals surface area contributed by atoms with Crippen molar-refractivity contribution in [2.45, 2.75) is 43.9 Å². The van der Waals surface area contributed by atoms with E-state index in [1.54, 1.807) is 0 Å². The van der Waals surface area contributed by atoms with Crippen molar-refractivity contribution in [2.24, 2.45) is 5.92 Å². The number of fused-ring (bicyclic) bond motifs is 2. The molecule has 14 heavy (non-hydrogen) atoms. The average molecular weight is 207 g/mol. The first-order valence-electron chi connectivity index (χ1n) is 4.78. The average Bonchev–Trinajstić information content (AvgIpc) is 2.23. The van der Waals surface area contributed by atoms with Gasteiger partial charge < -0.3 is 5.32 Å². The van der Waals surface area contributed by atoms with Crippen LogP contribution in [-0.2, 0) is 4.79 Å². The van der Waals surface area contributed by atoms with E-state index in [1.807, 2.05) is 0 Å². The van der Waals surface area contributed by atoms with Gasteiger partial charge in [0.2, 0.25) is 0 Å². The highest BCUT2D eigenvalue weighted by Gasteiger charge is 2.44. The number of piperidine rings is 1. The van der Waals surface area contributed by atoms with Crippen molar-refractivity contribution < 1.29 is 18.0 Å². The zero-order valence-corrected chi connectivity index (χ0v) is 7.60. The number of alkyl halides is 3. The lowest BCUT2D eigenvalue weighted by molar-refractivity contribution is -0.145. The number of ketones is 1. The highest BCUT2D eigenvalue weighted by molar-refractivity contribution is 5.81. The zero-order valence-electron chi connectivity index (χ0n) is 7.60. The van der Waals surface area contributed by atoms with E-state index in [0.29, 0.717) is 12.8 Å². The Labute approximate surface area is 79.9 Å². The number of nitrogens with one attached hydrogen (secondary N) is 1. The zero-order chi connectivity index (χ0) is 10.3. The second-order valence-electron chi connectivity index (χ2n) is 4.23. The van der Waals surface area contributed by atoms with Crippen molar-refractivity contribution in [3.63, 3.8) is 0 Å². The second kappa shape index (κ2) is 3.22. The van der Waals surface area contributed by atoms with Crippen LogP contribution in [0.25, 0.3) is 0 Å². The summed E-state index contributed by atoms with van der Waals surface area (Å²) < 4.78 is 36.4. The summed E-state index contributed by atoms with van der Waals surface area (Å²) in [6.07, 6.45) is -3.68. The van der Waals surface area contributed by atoms with Crippen LogP contribution in [0.1, 0.15) is 25.7 Å². The first kappa shape index (κ1) is 9.96. The molecule has 3 unspecified atom stereocenters. The van der Waals surface area contributed by atoms with Crippen molar-refractivity contribution >= 4 is 5.78 Å². The molecule has 2 nitrogen and oxygen atoms in total. The molecule has 1 N–H and O–H groups in total. The van der Waals surface area contributed by atoms with E-state index in [1.165, 1.54) is 0 Å². The standard InChI is InChI=1S/C9H12F3NO/c10-9(11,12)4-5-1-6-2-7(14)3-8(5)13-6/h5-6,8,13H,1-4H2. The van der Waals surface area contributed by atoms with Gasteiger partial charge in [0.15, 0.2) is 0 Å². The van der Waals surface area contributed by atoms with Crippen LogP contribution in [0.5, 0.6) is 0 Å². The van der Waals surface area contributed by atoms with Gasteiger partial charge in [-0.1, -0.05) is 0 Å². The third-order valence-corrected chi connectivity index (χ3v) is 3.02. The summed E-state index contributed by atoms with van der Waals surface area (Å²) in [5.74, 6) is -0.296. The van der Waals surface area contributed by atoms with Crippen molar-refractivity contribution in [1.29, 1.82) is 0 Å². The summed E-state index contributed by atoms with van der Waals surface area (Å²) in [4.78, 5) is 11.1. The molecule has 2 aliphatic heterocycles. The molecule has 0 aromatic rings. The van der Waals surface area contributed by atoms with Gasteiger partial charge in [-0.15, -0.1) is 0 Å². The maximum Gasteiger partial charge on any atom is 0.389 e. The second-order valence-corrected chi connectivity index (χ2v) is 4.23. The van der Waals surface area contributed by atoms with E-state index >= 15 is 0 Å². The van der Waals surface area contributed by atoms with E-state index < -0.39 is 18.5 Å². The monoisotopic (exact) mass is 207 g/mol. The molecule has 2 rings (SSSR count). The van der Waals surface area contributed by atoms with Crippen LogP contribution in [0.3, 0.4) is 0 Å². The summed E-state index contributed by atoms with van der Waals surface area (Å²) in [7, 11) is 0. The highest BCUT2D eigenvalue weighted by atomic mass is 19.4. The van der Waals surface area contributed by atoms with Crippen LogP contribution in [0.15, 0.2) is 0 Å². The number of carbonyl (C=O) groups excluding carboxylic acids is 1. The molecule has 2 saturated heterocycles. The molecule has 0 saturated carbocycles. The van der Waals surface area contributed by atoms with E-state index in [9.17, 15) is 18.0 Å². The molecule has 0 aliphatic carbocycles. The SMILES string of the molecule is O=C1CC2CC(CC(F)(F)F)C(C1)N2. The smallest absolute Gasteiger partial charge is 0.310 e. The third kappa shape index (κ3) is 2.08. The quantitative estimate of drug-likeness (QED) is 0.708. The third-order valence-electron chi connectivity index (χ3n) is 3.02. The van der Waals surface area contributed by atoms with E-state index in [-0.39, 0.29) is 24.3 Å². The maximum atomic E-state index is 12.1. The van der Waals surface area contributed by atoms with E-state index in [0.717, 1.165) is 0 Å². The molecular formula is C9H12F3NO. The Kier molecular flexibility index (Phi) is 2.29. The Hall–Kier alpha value is -0.580. The summed E-state index contributed by atoms with van der Waals surface area (Å²) in [6, 6.07) is -0.239. The summed E-state index contributed by atoms with van der Waals surface area (Å²) in [5, 5.41) is 3.07. The van der Waals surface area contributed by atoms with Crippen LogP contribution in [0.4, 0.5) is 13.2 Å². The van der Waals surface area contributed by atoms with Crippen LogP contribution < -0.4 is 5.32 Å². The molecule has 2 bridgehead atoms. The normalized spacial score (nSPS) is 37.6. The Bertz CT molecular complexity index is 251. The van der Waals surface area contributed by atoms with Crippen LogP contribution in [-0.4, -0.2) is 24.0 Å². The Morgan fingerprint density at radius 1 is 1.36 bits per heavy atom. The van der Waals surface area contributed by atoms with Gasteiger partial charge in [0.05, 0.1) is 0 Å². The first-order valence-corrected chi connectivity index (χ1v) is 4.78. The first-order chi connectivity index (χ1) is 6.44. The van der Waals surface area contributed by atoms with Gasteiger partial charge in [0.25, 0.3) is 0 Å². The minimum atomic E-state index is -4.10. The molecule has 0 aromatic carbocycles. The molecule has 0 amide bonds. The van der Waals surface area contributed by atoms with Gasteiger partial charge in [0.1, 0.15) is 5.78 Å². The van der Waals surface area contributed by atoms with E-state index in [2.05, 4.69) is 5.32 Å².